The van der Waals surface area contributed by atoms with Crippen LogP contribution in [0.5, 0.6) is 0 Å². The molecular formula is C24H36O. The number of aliphatic hydroxyl groups is 1. The van der Waals surface area contributed by atoms with E-state index in [1.807, 2.05) is 0 Å². The second-order valence-electron chi connectivity index (χ2n) is 9.55. The van der Waals surface area contributed by atoms with Gasteiger partial charge in [-0.2, -0.15) is 0 Å². The van der Waals surface area contributed by atoms with Gasteiger partial charge in [0.25, 0.3) is 0 Å². The van der Waals surface area contributed by atoms with E-state index >= 15 is 0 Å². The topological polar surface area (TPSA) is 20.2 Å². The Bertz CT molecular complexity index is 600. The van der Waals surface area contributed by atoms with Crippen molar-refractivity contribution >= 4 is 0 Å². The minimum atomic E-state index is -0.200. The first-order valence-electron chi connectivity index (χ1n) is 10.2. The molecule has 1 aromatic rings. The maximum absolute atomic E-state index is 10.8. The van der Waals surface area contributed by atoms with Gasteiger partial charge in [0, 0.05) is 0 Å². The summed E-state index contributed by atoms with van der Waals surface area (Å²) in [5.41, 5.74) is 3.64. The monoisotopic (exact) mass is 340 g/mol. The van der Waals surface area contributed by atoms with Gasteiger partial charge in [0.15, 0.2) is 0 Å². The van der Waals surface area contributed by atoms with Crippen molar-refractivity contribution in [2.24, 2.45) is 22.7 Å². The zero-order valence-corrected chi connectivity index (χ0v) is 16.6. The zero-order valence-electron chi connectivity index (χ0n) is 16.6. The number of hydrogen-bond acceptors (Lipinski definition) is 1. The molecule has 1 fully saturated rings. The molecule has 0 bridgehead atoms. The number of hydrogen-bond donors (Lipinski definition) is 1. The smallest absolute Gasteiger partial charge is 0.0549 e. The Hall–Kier alpha value is -1.08. The van der Waals surface area contributed by atoms with E-state index in [-0.39, 0.29) is 6.10 Å². The molecule has 1 aromatic carbocycles. The van der Waals surface area contributed by atoms with Gasteiger partial charge in [0.05, 0.1) is 6.10 Å². The third-order valence-corrected chi connectivity index (χ3v) is 7.41. The maximum Gasteiger partial charge on any atom is 0.0549 e. The molecule has 0 aromatic heterocycles. The summed E-state index contributed by atoms with van der Waals surface area (Å²) in [4.78, 5) is 0. The molecule has 1 nitrogen and oxygen atoms in total. The molecule has 2 aliphatic carbocycles. The fourth-order valence-corrected chi connectivity index (χ4v) is 5.96. The molecule has 0 heterocycles. The number of aryl methyl sites for hydroxylation is 1. The molecule has 138 valence electrons. The number of benzene rings is 1. The van der Waals surface area contributed by atoms with Crippen molar-refractivity contribution in [3.63, 3.8) is 0 Å². The largest absolute Gasteiger partial charge is 0.393 e. The Morgan fingerprint density at radius 1 is 1.12 bits per heavy atom. The van der Waals surface area contributed by atoms with E-state index in [9.17, 15) is 5.11 Å². The summed E-state index contributed by atoms with van der Waals surface area (Å²) in [5, 5.41) is 10.8. The van der Waals surface area contributed by atoms with Crippen molar-refractivity contribution in [2.75, 3.05) is 0 Å². The molecule has 25 heavy (non-hydrogen) atoms. The van der Waals surface area contributed by atoms with Gasteiger partial charge in [-0.3, -0.25) is 0 Å². The fourth-order valence-electron chi connectivity index (χ4n) is 5.96. The summed E-state index contributed by atoms with van der Waals surface area (Å²) in [6.07, 6.45) is 10.3. The van der Waals surface area contributed by atoms with Crippen LogP contribution in [-0.2, 0) is 6.42 Å². The van der Waals surface area contributed by atoms with Crippen molar-refractivity contribution in [3.8, 4) is 0 Å². The highest BCUT2D eigenvalue weighted by molar-refractivity contribution is 5.19. The van der Waals surface area contributed by atoms with Gasteiger partial charge in [-0.05, 0) is 73.7 Å². The second kappa shape index (κ2) is 7.27. The van der Waals surface area contributed by atoms with Crippen LogP contribution in [0.1, 0.15) is 71.8 Å². The average Bonchev–Trinajstić information content (AvgIpc) is 2.56. The zero-order chi connectivity index (χ0) is 18.1. The van der Waals surface area contributed by atoms with Crippen molar-refractivity contribution in [3.05, 3.63) is 47.5 Å². The SMILES string of the molecule is CC1=CC[C@H]2C(C)(C)CCC[C@]2(C)[C@H]1CC(O)CCc1ccccc1. The lowest BCUT2D eigenvalue weighted by molar-refractivity contribution is -0.0499. The molecule has 1 saturated carbocycles. The van der Waals surface area contributed by atoms with Crippen LogP contribution in [-0.4, -0.2) is 11.2 Å². The van der Waals surface area contributed by atoms with Crippen LogP contribution >= 0.6 is 0 Å². The molecule has 1 unspecified atom stereocenters. The van der Waals surface area contributed by atoms with Gasteiger partial charge in [-0.1, -0.05) is 69.2 Å². The van der Waals surface area contributed by atoms with E-state index in [1.54, 1.807) is 0 Å². The van der Waals surface area contributed by atoms with Gasteiger partial charge in [-0.25, -0.2) is 0 Å². The molecule has 1 N–H and O–H groups in total. The standard InChI is InChI=1S/C24H36O/c1-18-11-14-22-23(2,3)15-8-16-24(22,4)21(18)17-20(25)13-12-19-9-6-5-7-10-19/h5-7,9-11,20-22,25H,8,12-17H2,1-4H3/t20?,21-,22-,24+/m0/s1. The van der Waals surface area contributed by atoms with Crippen LogP contribution in [0, 0.1) is 22.7 Å². The predicted octanol–water partition coefficient (Wildman–Crippen LogP) is 6.17. The Morgan fingerprint density at radius 3 is 2.56 bits per heavy atom. The number of rotatable bonds is 5. The quantitative estimate of drug-likeness (QED) is 0.636. The number of allylic oxidation sites excluding steroid dienone is 2. The van der Waals surface area contributed by atoms with Crippen LogP contribution in [0.3, 0.4) is 0 Å². The molecule has 3 rings (SSSR count). The van der Waals surface area contributed by atoms with Crippen molar-refractivity contribution in [2.45, 2.75) is 78.7 Å². The molecule has 0 aliphatic heterocycles. The molecule has 0 saturated heterocycles. The van der Waals surface area contributed by atoms with E-state index in [2.05, 4.69) is 64.1 Å². The highest BCUT2D eigenvalue weighted by atomic mass is 16.3. The summed E-state index contributed by atoms with van der Waals surface area (Å²) in [6, 6.07) is 10.6. The van der Waals surface area contributed by atoms with Gasteiger partial charge in [0.1, 0.15) is 0 Å². The van der Waals surface area contributed by atoms with Crippen LogP contribution in [0.4, 0.5) is 0 Å². The number of aliphatic hydroxyl groups excluding tert-OH is 1. The van der Waals surface area contributed by atoms with Crippen LogP contribution < -0.4 is 0 Å². The lowest BCUT2D eigenvalue weighted by Gasteiger charge is -2.57. The highest BCUT2D eigenvalue weighted by Gasteiger charge is 2.51. The minimum absolute atomic E-state index is 0.200. The predicted molar refractivity (Wildman–Crippen MR) is 106 cm³/mol. The Labute approximate surface area is 154 Å². The first-order valence-corrected chi connectivity index (χ1v) is 10.2. The normalized spacial score (nSPS) is 32.6. The van der Waals surface area contributed by atoms with E-state index < -0.39 is 0 Å². The number of fused-ring (bicyclic) bond motifs is 1. The summed E-state index contributed by atoms with van der Waals surface area (Å²) < 4.78 is 0. The van der Waals surface area contributed by atoms with Crippen molar-refractivity contribution in [1.82, 2.24) is 0 Å². The molecule has 4 atom stereocenters. The van der Waals surface area contributed by atoms with E-state index in [0.717, 1.165) is 25.2 Å². The molecular weight excluding hydrogens is 304 g/mol. The Balaban J connectivity index is 1.69. The second-order valence-corrected chi connectivity index (χ2v) is 9.55. The highest BCUT2D eigenvalue weighted by Crippen LogP contribution is 2.60. The molecule has 1 heteroatoms. The molecule has 0 radical (unpaired) electrons. The third kappa shape index (κ3) is 3.87. The van der Waals surface area contributed by atoms with Crippen LogP contribution in [0.2, 0.25) is 0 Å². The minimum Gasteiger partial charge on any atom is -0.393 e. The van der Waals surface area contributed by atoms with Crippen molar-refractivity contribution < 1.29 is 5.11 Å². The molecule has 0 spiro atoms. The van der Waals surface area contributed by atoms with Gasteiger partial charge in [0.2, 0.25) is 0 Å². The van der Waals surface area contributed by atoms with Gasteiger partial charge < -0.3 is 5.11 Å². The van der Waals surface area contributed by atoms with Crippen LogP contribution in [0.15, 0.2) is 42.0 Å². The maximum atomic E-state index is 10.8. The summed E-state index contributed by atoms with van der Waals surface area (Å²) >= 11 is 0. The van der Waals surface area contributed by atoms with Gasteiger partial charge >= 0.3 is 0 Å². The Kier molecular flexibility index (Phi) is 5.44. The van der Waals surface area contributed by atoms with Crippen molar-refractivity contribution in [1.29, 1.82) is 0 Å². The summed E-state index contributed by atoms with van der Waals surface area (Å²) in [5.74, 6) is 1.29. The lowest BCUT2D eigenvalue weighted by Crippen LogP contribution is -2.49. The Morgan fingerprint density at radius 2 is 1.84 bits per heavy atom. The van der Waals surface area contributed by atoms with E-state index in [1.165, 1.54) is 36.8 Å². The van der Waals surface area contributed by atoms with Crippen LogP contribution in [0.25, 0.3) is 0 Å². The van der Waals surface area contributed by atoms with Gasteiger partial charge in [-0.15, -0.1) is 0 Å². The molecule has 0 amide bonds. The average molecular weight is 341 g/mol. The lowest BCUT2D eigenvalue weighted by atomic mass is 9.48. The first-order chi connectivity index (χ1) is 11.8. The first kappa shape index (κ1) is 18.7. The third-order valence-electron chi connectivity index (χ3n) is 7.41. The fraction of sp³-hybridized carbons (Fsp3) is 0.667. The molecule has 2 aliphatic rings. The van der Waals surface area contributed by atoms with E-state index in [0.29, 0.717) is 16.7 Å². The van der Waals surface area contributed by atoms with E-state index in [4.69, 9.17) is 0 Å². The summed E-state index contributed by atoms with van der Waals surface area (Å²) in [6.45, 7) is 9.75. The summed E-state index contributed by atoms with van der Waals surface area (Å²) in [7, 11) is 0.